The summed E-state index contributed by atoms with van der Waals surface area (Å²) in [5, 5.41) is 0. The molecule has 0 fully saturated rings. The lowest BCUT2D eigenvalue weighted by atomic mass is 10.0. The Morgan fingerprint density at radius 1 is 1.07 bits per heavy atom. The first kappa shape index (κ1) is 11.4. The molecule has 0 radical (unpaired) electrons. The zero-order chi connectivity index (χ0) is 10.6. The van der Waals surface area contributed by atoms with Crippen molar-refractivity contribution in [1.82, 2.24) is 0 Å². The summed E-state index contributed by atoms with van der Waals surface area (Å²) in [6, 6.07) is 6.42. The van der Waals surface area contributed by atoms with E-state index in [1.807, 2.05) is 13.8 Å². The van der Waals surface area contributed by atoms with Crippen LogP contribution in [0, 0.1) is 13.8 Å². The van der Waals surface area contributed by atoms with Gasteiger partial charge < -0.3 is 0 Å². The van der Waals surface area contributed by atoms with Gasteiger partial charge in [0.1, 0.15) is 0 Å². The first-order valence-corrected chi connectivity index (χ1v) is 6.62. The van der Waals surface area contributed by atoms with Crippen molar-refractivity contribution in [1.29, 1.82) is 0 Å². The van der Waals surface area contributed by atoms with Crippen LogP contribution in [-0.2, 0) is 6.42 Å². The summed E-state index contributed by atoms with van der Waals surface area (Å²) < 4.78 is 24.1. The third kappa shape index (κ3) is 4.00. The highest BCUT2D eigenvalue weighted by Gasteiger charge is 2.06. The molecule has 0 saturated carbocycles. The molecular formula is C11H16F2Si. The van der Waals surface area contributed by atoms with E-state index in [4.69, 9.17) is 0 Å². The summed E-state index contributed by atoms with van der Waals surface area (Å²) in [7, 11) is -3.34. The van der Waals surface area contributed by atoms with Crippen molar-refractivity contribution in [2.24, 2.45) is 0 Å². The van der Waals surface area contributed by atoms with E-state index in [2.05, 4.69) is 18.2 Å². The second kappa shape index (κ2) is 5.25. The summed E-state index contributed by atoms with van der Waals surface area (Å²) in [5.41, 5.74) is 3.63. The summed E-state index contributed by atoms with van der Waals surface area (Å²) >= 11 is 0. The van der Waals surface area contributed by atoms with Crippen LogP contribution in [-0.4, -0.2) is 9.46 Å². The Morgan fingerprint density at radius 3 is 2.14 bits per heavy atom. The molecule has 0 heterocycles. The molecule has 1 aromatic rings. The molecule has 0 atom stereocenters. The maximum absolute atomic E-state index is 12.0. The van der Waals surface area contributed by atoms with Gasteiger partial charge in [-0.1, -0.05) is 29.3 Å². The number of rotatable bonds is 4. The molecule has 0 spiro atoms. The van der Waals surface area contributed by atoms with Gasteiger partial charge >= 0.3 is 9.46 Å². The quantitative estimate of drug-likeness (QED) is 0.532. The second-order valence-electron chi connectivity index (χ2n) is 3.78. The van der Waals surface area contributed by atoms with Gasteiger partial charge in [-0.05, 0) is 38.3 Å². The number of hydrogen-bond acceptors (Lipinski definition) is 0. The van der Waals surface area contributed by atoms with Crippen LogP contribution >= 0.6 is 0 Å². The monoisotopic (exact) mass is 214 g/mol. The van der Waals surface area contributed by atoms with E-state index in [1.165, 1.54) is 16.7 Å². The van der Waals surface area contributed by atoms with Crippen molar-refractivity contribution in [3.63, 3.8) is 0 Å². The lowest BCUT2D eigenvalue weighted by Gasteiger charge is -2.04. The Morgan fingerprint density at radius 2 is 1.64 bits per heavy atom. The van der Waals surface area contributed by atoms with Gasteiger partial charge in [-0.3, -0.25) is 8.22 Å². The van der Waals surface area contributed by atoms with Crippen LogP contribution in [0.3, 0.4) is 0 Å². The predicted octanol–water partition coefficient (Wildman–Crippen LogP) is 3.40. The molecule has 0 bridgehead atoms. The second-order valence-corrected chi connectivity index (χ2v) is 5.14. The zero-order valence-corrected chi connectivity index (χ0v) is 9.84. The molecule has 14 heavy (non-hydrogen) atoms. The molecule has 0 aliphatic heterocycles. The summed E-state index contributed by atoms with van der Waals surface area (Å²) in [6.45, 7) is 4.08. The lowest BCUT2D eigenvalue weighted by Crippen LogP contribution is -1.97. The Hall–Kier alpha value is -0.703. The van der Waals surface area contributed by atoms with Crippen LogP contribution < -0.4 is 0 Å². The molecular weight excluding hydrogens is 198 g/mol. The van der Waals surface area contributed by atoms with Gasteiger partial charge in [0.25, 0.3) is 0 Å². The van der Waals surface area contributed by atoms with Gasteiger partial charge in [0, 0.05) is 0 Å². The van der Waals surface area contributed by atoms with E-state index in [9.17, 15) is 8.22 Å². The third-order valence-electron chi connectivity index (χ3n) is 2.17. The van der Waals surface area contributed by atoms with E-state index >= 15 is 0 Å². The molecule has 3 heteroatoms. The minimum atomic E-state index is -3.34. The Balaban J connectivity index is 2.50. The predicted molar refractivity (Wildman–Crippen MR) is 58.4 cm³/mol. The number of benzene rings is 1. The van der Waals surface area contributed by atoms with Gasteiger partial charge in [-0.2, -0.15) is 0 Å². The molecule has 0 aliphatic rings. The van der Waals surface area contributed by atoms with E-state index in [0.717, 1.165) is 6.42 Å². The molecule has 0 unspecified atom stereocenters. The summed E-state index contributed by atoms with van der Waals surface area (Å²) in [4.78, 5) is 0. The minimum Gasteiger partial charge on any atom is -0.275 e. The van der Waals surface area contributed by atoms with Gasteiger partial charge in [-0.25, -0.2) is 0 Å². The molecule has 0 saturated heterocycles. The fourth-order valence-corrected chi connectivity index (χ4v) is 2.19. The SMILES string of the molecule is Cc1cc(C)cc(CCC[SiH](F)F)c1. The average molecular weight is 214 g/mol. The molecule has 0 aromatic heterocycles. The van der Waals surface area contributed by atoms with Crippen LogP contribution in [0.5, 0.6) is 0 Å². The fourth-order valence-electron chi connectivity index (χ4n) is 1.67. The maximum atomic E-state index is 12.0. The van der Waals surface area contributed by atoms with Crippen LogP contribution in [0.15, 0.2) is 18.2 Å². The Kier molecular flexibility index (Phi) is 4.26. The van der Waals surface area contributed by atoms with Crippen molar-refractivity contribution in [2.45, 2.75) is 32.7 Å². The number of aryl methyl sites for hydroxylation is 3. The molecule has 1 rings (SSSR count). The van der Waals surface area contributed by atoms with Crippen LogP contribution in [0.2, 0.25) is 6.04 Å². The van der Waals surface area contributed by atoms with Gasteiger partial charge in [0.05, 0.1) is 0 Å². The molecule has 0 aliphatic carbocycles. The van der Waals surface area contributed by atoms with Gasteiger partial charge in [0.2, 0.25) is 0 Å². The first-order valence-electron chi connectivity index (χ1n) is 4.93. The van der Waals surface area contributed by atoms with E-state index < -0.39 is 9.46 Å². The standard InChI is InChI=1S/C11H16F2Si/c1-9-6-10(2)8-11(7-9)4-3-5-14(12)13/h6-8,14H,3-5H2,1-2H3. The van der Waals surface area contributed by atoms with E-state index in [1.54, 1.807) is 0 Å². The number of hydrogen-bond donors (Lipinski definition) is 0. The van der Waals surface area contributed by atoms with E-state index in [0.29, 0.717) is 6.42 Å². The van der Waals surface area contributed by atoms with Gasteiger partial charge in [0.15, 0.2) is 0 Å². The largest absolute Gasteiger partial charge is 0.411 e. The molecule has 78 valence electrons. The van der Waals surface area contributed by atoms with Crippen LogP contribution in [0.4, 0.5) is 8.22 Å². The highest BCUT2D eigenvalue weighted by Crippen LogP contribution is 2.12. The smallest absolute Gasteiger partial charge is 0.275 e. The Bertz CT molecular complexity index is 277. The summed E-state index contributed by atoms with van der Waals surface area (Å²) in [6.07, 6.45) is 1.42. The minimum absolute atomic E-state index is 0.146. The van der Waals surface area contributed by atoms with Crippen molar-refractivity contribution >= 4 is 9.46 Å². The average Bonchev–Trinajstić information content (AvgIpc) is 2.01. The zero-order valence-electron chi connectivity index (χ0n) is 8.69. The van der Waals surface area contributed by atoms with Gasteiger partial charge in [-0.15, -0.1) is 0 Å². The molecule has 1 aromatic carbocycles. The van der Waals surface area contributed by atoms with Crippen molar-refractivity contribution in [3.05, 3.63) is 34.9 Å². The maximum Gasteiger partial charge on any atom is 0.411 e. The van der Waals surface area contributed by atoms with Crippen molar-refractivity contribution in [3.8, 4) is 0 Å². The molecule has 0 nitrogen and oxygen atoms in total. The first-order chi connectivity index (χ1) is 6.58. The van der Waals surface area contributed by atoms with Crippen LogP contribution in [0.25, 0.3) is 0 Å². The highest BCUT2D eigenvalue weighted by atomic mass is 28.4. The van der Waals surface area contributed by atoms with Crippen LogP contribution in [0.1, 0.15) is 23.1 Å². The van der Waals surface area contributed by atoms with Crippen molar-refractivity contribution < 1.29 is 8.22 Å². The molecule has 0 amide bonds. The fraction of sp³-hybridized carbons (Fsp3) is 0.455. The third-order valence-corrected chi connectivity index (χ3v) is 3.01. The topological polar surface area (TPSA) is 0 Å². The normalized spacial score (nSPS) is 10.9. The summed E-state index contributed by atoms with van der Waals surface area (Å²) in [5.74, 6) is 0. The highest BCUT2D eigenvalue weighted by molar-refractivity contribution is 6.42. The molecule has 0 N–H and O–H groups in total. The lowest BCUT2D eigenvalue weighted by molar-refractivity contribution is 0.641. The number of halogens is 2. The van der Waals surface area contributed by atoms with Crippen molar-refractivity contribution in [2.75, 3.05) is 0 Å². The van der Waals surface area contributed by atoms with E-state index in [-0.39, 0.29) is 6.04 Å². The Labute approximate surface area is 85.9 Å².